The molecule has 38 heavy (non-hydrogen) atoms. The molecular weight excluding hydrogens is 665 g/mol. The van der Waals surface area contributed by atoms with Crippen LogP contribution in [0.25, 0.3) is 5.70 Å². The number of benzene rings is 3. The van der Waals surface area contributed by atoms with Crippen LogP contribution < -0.4 is 10.1 Å². The minimum atomic E-state index is -0.985. The summed E-state index contributed by atoms with van der Waals surface area (Å²) in [5.41, 5.74) is 5.38. The van der Waals surface area contributed by atoms with Gasteiger partial charge < -0.3 is 19.9 Å². The number of hydrogen-bond donors (Lipinski definition) is 2. The second-order valence-corrected chi connectivity index (χ2v) is 10.9. The van der Waals surface area contributed by atoms with Crippen LogP contribution >= 0.6 is 38.5 Å². The number of hydrogen-bond acceptors (Lipinski definition) is 6. The van der Waals surface area contributed by atoms with Crippen LogP contribution in [0.3, 0.4) is 0 Å². The molecule has 0 spiro atoms. The van der Waals surface area contributed by atoms with Gasteiger partial charge in [-0.25, -0.2) is 9.59 Å². The number of esters is 1. The Labute approximate surface area is 240 Å². The van der Waals surface area contributed by atoms with E-state index in [9.17, 15) is 14.4 Å². The zero-order valence-electron chi connectivity index (χ0n) is 20.3. The molecule has 1 aliphatic carbocycles. The maximum absolute atomic E-state index is 13.6. The topological polar surface area (TPSA) is 102 Å². The van der Waals surface area contributed by atoms with Crippen LogP contribution in [0, 0.1) is 3.57 Å². The van der Waals surface area contributed by atoms with E-state index in [2.05, 4.69) is 43.8 Å². The number of nitrogens with one attached hydrogen (secondary N) is 1. The first-order chi connectivity index (χ1) is 18.2. The zero-order chi connectivity index (χ0) is 27.1. The lowest BCUT2D eigenvalue weighted by Crippen LogP contribution is -2.29. The van der Waals surface area contributed by atoms with Crippen molar-refractivity contribution in [1.29, 1.82) is 0 Å². The van der Waals surface area contributed by atoms with E-state index in [0.29, 0.717) is 38.3 Å². The molecule has 1 atom stereocenters. The number of allylic oxidation sites excluding steroid dienone is 2. The van der Waals surface area contributed by atoms with Gasteiger partial charge in [0.25, 0.3) is 0 Å². The second-order valence-electron chi connectivity index (χ2n) is 8.86. The molecule has 2 N–H and O–H groups in total. The normalized spacial score (nSPS) is 16.1. The minimum absolute atomic E-state index is 0.127. The van der Waals surface area contributed by atoms with E-state index < -0.39 is 17.9 Å². The van der Waals surface area contributed by atoms with Gasteiger partial charge in [-0.1, -0.05) is 36.4 Å². The van der Waals surface area contributed by atoms with Gasteiger partial charge in [-0.2, -0.15) is 0 Å². The summed E-state index contributed by atoms with van der Waals surface area (Å²) in [6.07, 6.45) is 0. The molecule has 0 radical (unpaired) electrons. The standard InChI is InChI=1S/C29H21BrINO6/c1-14-22(29(36)37-2)23(24-25(32-14)18-5-3-4-6-19(18)26(24)33)17-11-20(30)27(21(31)12-17)38-13-15-7-9-16(10-8-15)28(34)35/h3-12,23,32H,13H2,1-2H3,(H,34,35)/t23-/m1/s1. The highest BCUT2D eigenvalue weighted by Gasteiger charge is 2.43. The van der Waals surface area contributed by atoms with E-state index in [-0.39, 0.29) is 18.0 Å². The van der Waals surface area contributed by atoms with Gasteiger partial charge in [0, 0.05) is 28.3 Å². The van der Waals surface area contributed by atoms with E-state index in [0.717, 1.165) is 20.3 Å². The molecule has 0 unspecified atom stereocenters. The highest BCUT2D eigenvalue weighted by Crippen LogP contribution is 2.48. The lowest BCUT2D eigenvalue weighted by molar-refractivity contribution is -0.136. The number of aromatic carboxylic acids is 1. The lowest BCUT2D eigenvalue weighted by atomic mass is 9.80. The molecule has 192 valence electrons. The Bertz CT molecular complexity index is 1550. The maximum Gasteiger partial charge on any atom is 0.336 e. The molecule has 0 saturated heterocycles. The fourth-order valence-electron chi connectivity index (χ4n) is 4.83. The Kier molecular flexibility index (Phi) is 7.15. The van der Waals surface area contributed by atoms with Crippen molar-refractivity contribution in [1.82, 2.24) is 5.32 Å². The van der Waals surface area contributed by atoms with Crippen molar-refractivity contribution in [3.63, 3.8) is 0 Å². The van der Waals surface area contributed by atoms with Gasteiger partial charge in [0.15, 0.2) is 5.78 Å². The van der Waals surface area contributed by atoms with Gasteiger partial charge >= 0.3 is 11.9 Å². The summed E-state index contributed by atoms with van der Waals surface area (Å²) in [6.45, 7) is 2.04. The molecule has 3 aromatic carbocycles. The Morgan fingerprint density at radius 2 is 1.76 bits per heavy atom. The minimum Gasteiger partial charge on any atom is -0.487 e. The van der Waals surface area contributed by atoms with Crippen LogP contribution in [0.2, 0.25) is 0 Å². The van der Waals surface area contributed by atoms with Gasteiger partial charge in [-0.3, -0.25) is 4.79 Å². The SMILES string of the molecule is COC(=O)C1=C(C)NC2=C(C(=O)c3ccccc32)[C@@H]1c1cc(Br)c(OCc2ccc(C(=O)O)cc2)c(I)c1. The summed E-state index contributed by atoms with van der Waals surface area (Å²) in [5, 5.41) is 12.4. The number of methoxy groups -OCH3 is 1. The largest absolute Gasteiger partial charge is 0.487 e. The van der Waals surface area contributed by atoms with Crippen molar-refractivity contribution in [2.45, 2.75) is 19.4 Å². The molecule has 7 nitrogen and oxygen atoms in total. The molecule has 1 aliphatic heterocycles. The Morgan fingerprint density at radius 1 is 1.08 bits per heavy atom. The quantitative estimate of drug-likeness (QED) is 0.240. The number of ether oxygens (including phenoxy) is 2. The van der Waals surface area contributed by atoms with Crippen LogP contribution in [0.5, 0.6) is 5.75 Å². The van der Waals surface area contributed by atoms with Crippen LogP contribution in [-0.2, 0) is 16.1 Å². The average molecular weight is 686 g/mol. The van der Waals surface area contributed by atoms with Crippen molar-refractivity contribution >= 4 is 61.9 Å². The first kappa shape index (κ1) is 26.2. The first-order valence-electron chi connectivity index (χ1n) is 11.6. The van der Waals surface area contributed by atoms with E-state index in [1.54, 1.807) is 18.2 Å². The number of carbonyl (C=O) groups excluding carboxylic acids is 2. The van der Waals surface area contributed by atoms with E-state index in [1.165, 1.54) is 19.2 Å². The van der Waals surface area contributed by atoms with E-state index in [4.69, 9.17) is 14.6 Å². The molecule has 1 heterocycles. The van der Waals surface area contributed by atoms with Crippen molar-refractivity contribution in [2.24, 2.45) is 0 Å². The monoisotopic (exact) mass is 685 g/mol. The summed E-state index contributed by atoms with van der Waals surface area (Å²) >= 11 is 5.79. The van der Waals surface area contributed by atoms with Crippen molar-refractivity contribution in [3.8, 4) is 5.75 Å². The second kappa shape index (κ2) is 10.4. The number of dihydropyridines is 1. The number of carboxylic acid groups (broad SMARTS) is 1. The maximum atomic E-state index is 13.6. The van der Waals surface area contributed by atoms with Crippen LogP contribution in [0.15, 0.2) is 82.0 Å². The van der Waals surface area contributed by atoms with Gasteiger partial charge in [-0.15, -0.1) is 0 Å². The fourth-order valence-corrected chi connectivity index (χ4v) is 6.59. The predicted octanol–water partition coefficient (Wildman–Crippen LogP) is 6.07. The zero-order valence-corrected chi connectivity index (χ0v) is 24.0. The first-order valence-corrected chi connectivity index (χ1v) is 13.5. The molecule has 3 aromatic rings. The summed E-state index contributed by atoms with van der Waals surface area (Å²) < 4.78 is 12.6. The fraction of sp³-hybridized carbons (Fsp3) is 0.138. The Balaban J connectivity index is 1.53. The number of rotatable bonds is 6. The van der Waals surface area contributed by atoms with Crippen molar-refractivity contribution in [2.75, 3.05) is 7.11 Å². The van der Waals surface area contributed by atoms with Gasteiger partial charge in [-0.05, 0) is 80.8 Å². The average Bonchev–Trinajstić information content (AvgIpc) is 3.18. The highest BCUT2D eigenvalue weighted by molar-refractivity contribution is 14.1. The lowest BCUT2D eigenvalue weighted by Gasteiger charge is -2.29. The molecular formula is C29H21BrINO6. The van der Waals surface area contributed by atoms with E-state index >= 15 is 0 Å². The molecule has 2 aliphatic rings. The van der Waals surface area contributed by atoms with Gasteiger partial charge in [0.1, 0.15) is 12.4 Å². The third kappa shape index (κ3) is 4.54. The molecule has 0 amide bonds. The molecule has 9 heteroatoms. The van der Waals surface area contributed by atoms with Crippen LogP contribution in [-0.4, -0.2) is 29.9 Å². The Morgan fingerprint density at radius 3 is 2.39 bits per heavy atom. The molecule has 0 aromatic heterocycles. The summed E-state index contributed by atoms with van der Waals surface area (Å²) in [5.74, 6) is -1.66. The number of ketones is 1. The number of carbonyl (C=O) groups is 3. The molecule has 0 saturated carbocycles. The van der Waals surface area contributed by atoms with Crippen LogP contribution in [0.1, 0.15) is 50.2 Å². The molecule has 0 fully saturated rings. The van der Waals surface area contributed by atoms with Crippen molar-refractivity contribution in [3.05, 3.63) is 113 Å². The molecule has 0 bridgehead atoms. The number of fused-ring (bicyclic) bond motifs is 2. The summed E-state index contributed by atoms with van der Waals surface area (Å²) in [7, 11) is 1.33. The molecule has 5 rings (SSSR count). The summed E-state index contributed by atoms with van der Waals surface area (Å²) in [6, 6.07) is 17.7. The highest BCUT2D eigenvalue weighted by atomic mass is 127. The third-order valence-corrected chi connectivity index (χ3v) is 7.98. The Hall–Kier alpha value is -3.44. The third-order valence-electron chi connectivity index (χ3n) is 6.59. The summed E-state index contributed by atoms with van der Waals surface area (Å²) in [4.78, 5) is 37.7. The predicted molar refractivity (Wildman–Crippen MR) is 153 cm³/mol. The number of halogens is 2. The number of Topliss-reactive ketones (excluding diaryl/α,β-unsaturated/α-hetero) is 1. The number of carboxylic acids is 1. The van der Waals surface area contributed by atoms with Gasteiger partial charge in [0.05, 0.1) is 32.0 Å². The van der Waals surface area contributed by atoms with Crippen LogP contribution in [0.4, 0.5) is 0 Å². The van der Waals surface area contributed by atoms with E-state index in [1.807, 2.05) is 37.3 Å². The van der Waals surface area contributed by atoms with Gasteiger partial charge in [0.2, 0.25) is 0 Å². The van der Waals surface area contributed by atoms with Crippen molar-refractivity contribution < 1.29 is 29.0 Å². The smallest absolute Gasteiger partial charge is 0.336 e.